The van der Waals surface area contributed by atoms with Gasteiger partial charge in [-0.25, -0.2) is 4.39 Å². The van der Waals surface area contributed by atoms with E-state index in [2.05, 4.69) is 5.10 Å². The summed E-state index contributed by atoms with van der Waals surface area (Å²) in [6.07, 6.45) is 2.52. The first kappa shape index (κ1) is 19.9. The van der Waals surface area contributed by atoms with E-state index in [0.29, 0.717) is 38.2 Å². The summed E-state index contributed by atoms with van der Waals surface area (Å²) in [5.41, 5.74) is 6.41. The third-order valence-corrected chi connectivity index (χ3v) is 5.05. The topological polar surface area (TPSA) is 90.4 Å². The second kappa shape index (κ2) is 8.86. The van der Waals surface area contributed by atoms with Crippen molar-refractivity contribution < 1.29 is 18.7 Å². The van der Waals surface area contributed by atoms with Gasteiger partial charge in [0.1, 0.15) is 17.7 Å². The number of nitrogens with two attached hydrogens (primary N) is 1. The molecule has 2 heterocycles. The summed E-state index contributed by atoms with van der Waals surface area (Å²) in [6, 6.07) is 7.66. The molecule has 0 radical (unpaired) electrons. The molecule has 0 saturated carbocycles. The number of ether oxygens (including phenoxy) is 1. The molecule has 28 heavy (non-hydrogen) atoms. The SMILES string of the molecule is Cc1ccnn1CCC(=O)N1CC[C@H](Oc2ccc(F)cc2)[C@@H](CC(N)=O)C1. The van der Waals surface area contributed by atoms with Crippen LogP contribution in [0.15, 0.2) is 36.5 Å². The van der Waals surface area contributed by atoms with Crippen molar-refractivity contribution in [1.82, 2.24) is 14.7 Å². The number of likely N-dealkylation sites (tertiary alicyclic amines) is 1. The van der Waals surface area contributed by atoms with Crippen LogP contribution in [-0.2, 0) is 16.1 Å². The van der Waals surface area contributed by atoms with Crippen molar-refractivity contribution in [3.63, 3.8) is 0 Å². The molecule has 2 amide bonds. The second-order valence-electron chi connectivity index (χ2n) is 7.11. The standard InChI is InChI=1S/C20H25FN4O3/c1-14-6-9-23-25(14)11-8-20(27)24-10-7-18(15(13-24)12-19(22)26)28-17-4-2-16(21)3-5-17/h2-6,9,15,18H,7-8,10-13H2,1H3,(H2,22,26)/t15-,18-/m0/s1. The first-order chi connectivity index (χ1) is 13.4. The molecule has 1 aliphatic rings. The third kappa shape index (κ3) is 5.09. The zero-order valence-electron chi connectivity index (χ0n) is 15.9. The van der Waals surface area contributed by atoms with Crippen LogP contribution in [0.5, 0.6) is 5.75 Å². The fourth-order valence-electron chi connectivity index (χ4n) is 3.53. The lowest BCUT2D eigenvalue weighted by atomic mass is 9.91. The molecule has 1 aliphatic heterocycles. The van der Waals surface area contributed by atoms with E-state index in [-0.39, 0.29) is 30.2 Å². The zero-order chi connectivity index (χ0) is 20.1. The van der Waals surface area contributed by atoms with Crippen LogP contribution in [0, 0.1) is 18.7 Å². The van der Waals surface area contributed by atoms with Gasteiger partial charge < -0.3 is 15.4 Å². The summed E-state index contributed by atoms with van der Waals surface area (Å²) in [5, 5.41) is 4.19. The number of piperidine rings is 1. The minimum atomic E-state index is -0.431. The van der Waals surface area contributed by atoms with Crippen molar-refractivity contribution >= 4 is 11.8 Å². The highest BCUT2D eigenvalue weighted by Gasteiger charge is 2.33. The van der Waals surface area contributed by atoms with Crippen molar-refractivity contribution in [3.8, 4) is 5.75 Å². The maximum atomic E-state index is 13.1. The third-order valence-electron chi connectivity index (χ3n) is 5.05. The molecule has 0 spiro atoms. The van der Waals surface area contributed by atoms with Gasteiger partial charge in [0.2, 0.25) is 11.8 Å². The van der Waals surface area contributed by atoms with E-state index in [4.69, 9.17) is 10.5 Å². The first-order valence-corrected chi connectivity index (χ1v) is 9.39. The summed E-state index contributed by atoms with van der Waals surface area (Å²) in [5.74, 6) is -0.417. The Kier molecular flexibility index (Phi) is 6.28. The molecule has 0 bridgehead atoms. The van der Waals surface area contributed by atoms with Crippen molar-refractivity contribution in [2.45, 2.75) is 38.8 Å². The Bertz CT molecular complexity index is 821. The number of primary amides is 1. The van der Waals surface area contributed by atoms with Gasteiger partial charge in [-0.05, 0) is 37.3 Å². The van der Waals surface area contributed by atoms with Gasteiger partial charge in [0.25, 0.3) is 0 Å². The Hall–Kier alpha value is -2.90. The summed E-state index contributed by atoms with van der Waals surface area (Å²) in [7, 11) is 0. The number of hydrogen-bond acceptors (Lipinski definition) is 4. The van der Waals surface area contributed by atoms with E-state index in [0.717, 1.165) is 5.69 Å². The van der Waals surface area contributed by atoms with E-state index >= 15 is 0 Å². The molecule has 2 N–H and O–H groups in total. The molecule has 0 unspecified atom stereocenters. The molecular formula is C20H25FN4O3. The van der Waals surface area contributed by atoms with Gasteiger partial charge in [0, 0.05) is 56.7 Å². The van der Waals surface area contributed by atoms with Crippen molar-refractivity contribution in [2.75, 3.05) is 13.1 Å². The molecule has 3 rings (SSSR count). The van der Waals surface area contributed by atoms with E-state index in [1.807, 2.05) is 13.0 Å². The van der Waals surface area contributed by atoms with E-state index in [1.54, 1.807) is 27.9 Å². The number of nitrogens with zero attached hydrogens (tertiary/aromatic N) is 3. The second-order valence-corrected chi connectivity index (χ2v) is 7.11. The highest BCUT2D eigenvalue weighted by molar-refractivity contribution is 5.77. The Morgan fingerprint density at radius 1 is 1.29 bits per heavy atom. The van der Waals surface area contributed by atoms with Crippen molar-refractivity contribution in [1.29, 1.82) is 0 Å². The fourth-order valence-corrected chi connectivity index (χ4v) is 3.53. The molecule has 1 aromatic carbocycles. The number of halogens is 1. The Morgan fingerprint density at radius 3 is 2.68 bits per heavy atom. The molecule has 1 aromatic heterocycles. The van der Waals surface area contributed by atoms with Gasteiger partial charge in [-0.1, -0.05) is 0 Å². The van der Waals surface area contributed by atoms with Crippen LogP contribution >= 0.6 is 0 Å². The van der Waals surface area contributed by atoms with Crippen LogP contribution in [0.2, 0.25) is 0 Å². The quantitative estimate of drug-likeness (QED) is 0.784. The molecule has 150 valence electrons. The average molecular weight is 388 g/mol. The largest absolute Gasteiger partial charge is 0.490 e. The van der Waals surface area contributed by atoms with Crippen molar-refractivity contribution in [2.24, 2.45) is 11.7 Å². The van der Waals surface area contributed by atoms with E-state index < -0.39 is 5.91 Å². The van der Waals surface area contributed by atoms with Crippen LogP contribution in [0.25, 0.3) is 0 Å². The van der Waals surface area contributed by atoms with Gasteiger partial charge in [-0.3, -0.25) is 14.3 Å². The molecule has 0 aliphatic carbocycles. The number of hydrogen-bond donors (Lipinski definition) is 1. The minimum absolute atomic E-state index is 0.0182. The molecule has 8 heteroatoms. The highest BCUT2D eigenvalue weighted by atomic mass is 19.1. The lowest BCUT2D eigenvalue weighted by molar-refractivity contribution is -0.136. The fraction of sp³-hybridized carbons (Fsp3) is 0.450. The molecule has 1 fully saturated rings. The smallest absolute Gasteiger partial charge is 0.224 e. The Morgan fingerprint density at radius 2 is 2.04 bits per heavy atom. The molecule has 1 saturated heterocycles. The van der Waals surface area contributed by atoms with Gasteiger partial charge >= 0.3 is 0 Å². The predicted molar refractivity (Wildman–Crippen MR) is 101 cm³/mol. The van der Waals surface area contributed by atoms with Crippen molar-refractivity contribution in [3.05, 3.63) is 48.0 Å². The molecular weight excluding hydrogens is 363 g/mol. The van der Waals surface area contributed by atoms with E-state index in [1.165, 1.54) is 12.1 Å². The lowest BCUT2D eigenvalue weighted by Gasteiger charge is -2.38. The predicted octanol–water partition coefficient (Wildman–Crippen LogP) is 1.89. The maximum absolute atomic E-state index is 13.1. The van der Waals surface area contributed by atoms with Gasteiger partial charge in [0.15, 0.2) is 0 Å². The van der Waals surface area contributed by atoms with Crippen LogP contribution < -0.4 is 10.5 Å². The van der Waals surface area contributed by atoms with E-state index in [9.17, 15) is 14.0 Å². The molecule has 2 aromatic rings. The normalized spacial score (nSPS) is 19.4. The molecule has 2 atom stereocenters. The summed E-state index contributed by atoms with van der Waals surface area (Å²) < 4.78 is 20.8. The lowest BCUT2D eigenvalue weighted by Crippen LogP contribution is -2.49. The number of benzene rings is 1. The average Bonchev–Trinajstić information content (AvgIpc) is 3.07. The van der Waals surface area contributed by atoms with Gasteiger partial charge in [0.05, 0.1) is 0 Å². The summed E-state index contributed by atoms with van der Waals surface area (Å²) in [6.45, 7) is 3.41. The molecule has 7 nitrogen and oxygen atoms in total. The Balaban J connectivity index is 1.60. The van der Waals surface area contributed by atoms with Crippen LogP contribution in [0.1, 0.15) is 25.0 Å². The first-order valence-electron chi connectivity index (χ1n) is 9.39. The number of carbonyl (C=O) groups is 2. The Labute approximate surface area is 163 Å². The number of amides is 2. The number of aromatic nitrogens is 2. The van der Waals surface area contributed by atoms with Crippen LogP contribution in [0.4, 0.5) is 4.39 Å². The number of carbonyl (C=O) groups excluding carboxylic acids is 2. The number of rotatable bonds is 7. The summed E-state index contributed by atoms with van der Waals surface area (Å²) >= 11 is 0. The van der Waals surface area contributed by atoms with Gasteiger partial charge in [-0.15, -0.1) is 0 Å². The monoisotopic (exact) mass is 388 g/mol. The van der Waals surface area contributed by atoms with Crippen LogP contribution in [0.3, 0.4) is 0 Å². The van der Waals surface area contributed by atoms with Crippen LogP contribution in [-0.4, -0.2) is 45.7 Å². The summed E-state index contributed by atoms with van der Waals surface area (Å²) in [4.78, 5) is 25.9. The van der Waals surface area contributed by atoms with Gasteiger partial charge in [-0.2, -0.15) is 5.10 Å². The minimum Gasteiger partial charge on any atom is -0.490 e. The number of aryl methyl sites for hydroxylation is 2. The highest BCUT2D eigenvalue weighted by Crippen LogP contribution is 2.26. The maximum Gasteiger partial charge on any atom is 0.224 e. The zero-order valence-corrected chi connectivity index (χ0v) is 15.9.